The molecule has 32 heavy (non-hydrogen) atoms. The van der Waals surface area contributed by atoms with E-state index in [1.54, 1.807) is 13.2 Å². The molecule has 0 bridgehead atoms. The smallest absolute Gasteiger partial charge is 0.308 e. The van der Waals surface area contributed by atoms with Gasteiger partial charge in [0.25, 0.3) is 0 Å². The highest BCUT2D eigenvalue weighted by Gasteiger charge is 2.58. The molecule has 4 rings (SSSR count). The Morgan fingerprint density at radius 1 is 1.38 bits per heavy atom. The molecule has 1 saturated heterocycles. The van der Waals surface area contributed by atoms with Crippen LogP contribution in [0.5, 0.6) is 0 Å². The molecule has 172 valence electrons. The highest BCUT2D eigenvalue weighted by Crippen LogP contribution is 2.40. The first-order valence-corrected chi connectivity index (χ1v) is 10.6. The third kappa shape index (κ3) is 3.69. The van der Waals surface area contributed by atoms with Crippen molar-refractivity contribution in [1.29, 1.82) is 5.26 Å². The largest absolute Gasteiger partial charge is 0.463 e. The molecule has 0 aromatic carbocycles. The van der Waals surface area contributed by atoms with E-state index in [4.69, 9.17) is 19.9 Å². The van der Waals surface area contributed by atoms with Gasteiger partial charge in [-0.3, -0.25) is 4.79 Å². The molecule has 0 spiro atoms. The first-order valence-electron chi connectivity index (χ1n) is 10.6. The van der Waals surface area contributed by atoms with Crippen molar-refractivity contribution < 1.29 is 29.2 Å². The Balaban J connectivity index is 1.49. The summed E-state index contributed by atoms with van der Waals surface area (Å²) in [5.41, 5.74) is 3.99. The van der Waals surface area contributed by atoms with Crippen LogP contribution in [0.1, 0.15) is 44.2 Å². The highest BCUT2D eigenvalue weighted by molar-refractivity contribution is 5.70. The minimum Gasteiger partial charge on any atom is -0.463 e. The molecule has 2 aliphatic rings. The summed E-state index contributed by atoms with van der Waals surface area (Å²) < 4.78 is 18.1. The lowest BCUT2D eigenvalue weighted by molar-refractivity contribution is -0.159. The van der Waals surface area contributed by atoms with Crippen molar-refractivity contribution in [3.63, 3.8) is 0 Å². The second kappa shape index (κ2) is 8.63. The van der Waals surface area contributed by atoms with Gasteiger partial charge in [-0.15, -0.1) is 0 Å². The van der Waals surface area contributed by atoms with Crippen molar-refractivity contribution in [2.45, 2.75) is 68.0 Å². The van der Waals surface area contributed by atoms with Gasteiger partial charge in [0.15, 0.2) is 5.82 Å². The maximum Gasteiger partial charge on any atom is 0.308 e. The molecule has 0 amide bonds. The summed E-state index contributed by atoms with van der Waals surface area (Å²) in [7, 11) is 1.60. The van der Waals surface area contributed by atoms with Gasteiger partial charge in [0, 0.05) is 7.11 Å². The topological polar surface area (TPSA) is 165 Å². The van der Waals surface area contributed by atoms with Gasteiger partial charge >= 0.3 is 5.97 Å². The van der Waals surface area contributed by atoms with Gasteiger partial charge < -0.3 is 30.2 Å². The lowest BCUT2D eigenvalue weighted by Gasteiger charge is -2.35. The summed E-state index contributed by atoms with van der Waals surface area (Å²) in [5, 5.41) is 35.3. The minimum atomic E-state index is -1.93. The van der Waals surface area contributed by atoms with E-state index in [1.807, 2.05) is 6.07 Å². The molecule has 2 fully saturated rings. The summed E-state index contributed by atoms with van der Waals surface area (Å²) >= 11 is 0. The molecule has 2 aromatic heterocycles. The van der Waals surface area contributed by atoms with Crippen molar-refractivity contribution in [3.05, 3.63) is 24.2 Å². The van der Waals surface area contributed by atoms with Gasteiger partial charge in [-0.2, -0.15) is 10.4 Å². The van der Waals surface area contributed by atoms with E-state index in [0.717, 1.165) is 32.1 Å². The predicted octanol–water partition coefficient (Wildman–Crippen LogP) is 0.434. The number of carbonyl (C=O) groups excluding carboxylic acids is 1. The Hall–Kier alpha value is -2.78. The summed E-state index contributed by atoms with van der Waals surface area (Å²) in [6.45, 7) is -0.319. The second-order valence-corrected chi connectivity index (χ2v) is 8.41. The minimum absolute atomic E-state index is 0.0950. The molecule has 11 heteroatoms. The van der Waals surface area contributed by atoms with Crippen LogP contribution in [0.2, 0.25) is 0 Å². The third-order valence-corrected chi connectivity index (χ3v) is 6.56. The Labute approximate surface area is 184 Å². The number of nitrogens with zero attached hydrogens (tertiary/aromatic N) is 4. The van der Waals surface area contributed by atoms with Crippen molar-refractivity contribution in [1.82, 2.24) is 14.6 Å². The zero-order chi connectivity index (χ0) is 22.9. The number of ether oxygens (including phenoxy) is 3. The van der Waals surface area contributed by atoms with Crippen LogP contribution in [0.4, 0.5) is 5.82 Å². The summed E-state index contributed by atoms with van der Waals surface area (Å²) in [6, 6.07) is 5.07. The number of anilines is 1. The molecule has 0 unspecified atom stereocenters. The van der Waals surface area contributed by atoms with Crippen molar-refractivity contribution in [3.8, 4) is 6.07 Å². The molecule has 4 N–H and O–H groups in total. The van der Waals surface area contributed by atoms with Crippen molar-refractivity contribution in [2.24, 2.45) is 0 Å². The van der Waals surface area contributed by atoms with Crippen molar-refractivity contribution in [2.75, 3.05) is 19.5 Å². The van der Waals surface area contributed by atoms with E-state index in [9.17, 15) is 20.3 Å². The number of carbonyl (C=O) groups is 1. The number of rotatable bonds is 6. The molecular formula is C21H27N5O6. The van der Waals surface area contributed by atoms with E-state index in [-0.39, 0.29) is 24.5 Å². The number of aliphatic hydroxyl groups is 2. The highest BCUT2D eigenvalue weighted by atomic mass is 16.6. The van der Waals surface area contributed by atoms with Crippen LogP contribution in [-0.2, 0) is 24.6 Å². The number of methoxy groups -OCH3 is 1. The standard InChI is InChI=1S/C21H27N5O6/c1-30-20(7-3-2-4-8-20)9-16(27)31-10-14-17(28)18(29)21(11-22,32-14)15-6-5-13-19(23)24-12-25-26(13)15/h5-6,12,14,17-18,28-29H,2-4,7-10H2,1H3,(H2,23,24,25)/t14-,17-,18-,21+/m1/s1. The van der Waals surface area contributed by atoms with Crippen LogP contribution in [0.15, 0.2) is 18.5 Å². The fraction of sp³-hybridized carbons (Fsp3) is 0.619. The maximum absolute atomic E-state index is 12.5. The fourth-order valence-corrected chi connectivity index (χ4v) is 4.69. The van der Waals surface area contributed by atoms with Crippen LogP contribution in [0.25, 0.3) is 5.52 Å². The van der Waals surface area contributed by atoms with Crippen LogP contribution < -0.4 is 5.73 Å². The number of aromatic nitrogens is 3. The summed E-state index contributed by atoms with van der Waals surface area (Å²) in [4.78, 5) is 16.4. The Bertz CT molecular complexity index is 1030. The van der Waals surface area contributed by atoms with Crippen LogP contribution in [0, 0.1) is 11.3 Å². The molecule has 0 radical (unpaired) electrons. The Morgan fingerprint density at radius 2 is 2.12 bits per heavy atom. The maximum atomic E-state index is 12.5. The summed E-state index contributed by atoms with van der Waals surface area (Å²) in [6.07, 6.45) is 1.79. The predicted molar refractivity (Wildman–Crippen MR) is 110 cm³/mol. The Kier molecular flexibility index (Phi) is 6.05. The number of hydrogen-bond donors (Lipinski definition) is 3. The number of fused-ring (bicyclic) bond motifs is 1. The van der Waals surface area contributed by atoms with Gasteiger partial charge in [-0.05, 0) is 25.0 Å². The average molecular weight is 445 g/mol. The van der Waals surface area contributed by atoms with E-state index in [1.165, 1.54) is 16.9 Å². The van der Waals surface area contributed by atoms with Gasteiger partial charge in [0.2, 0.25) is 5.60 Å². The second-order valence-electron chi connectivity index (χ2n) is 8.41. The fourth-order valence-electron chi connectivity index (χ4n) is 4.69. The number of aliphatic hydroxyl groups excluding tert-OH is 2. The lowest BCUT2D eigenvalue weighted by atomic mass is 9.82. The van der Waals surface area contributed by atoms with E-state index in [2.05, 4.69) is 10.1 Å². The molecule has 1 saturated carbocycles. The number of esters is 1. The van der Waals surface area contributed by atoms with E-state index in [0.29, 0.717) is 5.52 Å². The molecule has 1 aliphatic carbocycles. The van der Waals surface area contributed by atoms with Gasteiger partial charge in [0.1, 0.15) is 42.8 Å². The molecule has 3 heterocycles. The van der Waals surface area contributed by atoms with Crippen LogP contribution in [0.3, 0.4) is 0 Å². The normalized spacial score (nSPS) is 29.6. The van der Waals surface area contributed by atoms with Crippen LogP contribution >= 0.6 is 0 Å². The van der Waals surface area contributed by atoms with Gasteiger partial charge in [0.05, 0.1) is 17.7 Å². The zero-order valence-electron chi connectivity index (χ0n) is 17.8. The summed E-state index contributed by atoms with van der Waals surface area (Å²) in [5.74, 6) is -0.296. The molecule has 4 atom stereocenters. The van der Waals surface area contributed by atoms with Crippen molar-refractivity contribution >= 4 is 17.3 Å². The number of hydrogen-bond acceptors (Lipinski definition) is 10. The van der Waals surface area contributed by atoms with E-state index < -0.39 is 35.5 Å². The Morgan fingerprint density at radius 3 is 2.81 bits per heavy atom. The van der Waals surface area contributed by atoms with Gasteiger partial charge in [-0.1, -0.05) is 19.3 Å². The molecule has 2 aromatic rings. The molecular weight excluding hydrogens is 418 g/mol. The molecule has 1 aliphatic heterocycles. The average Bonchev–Trinajstić information content (AvgIpc) is 3.34. The zero-order valence-corrected chi connectivity index (χ0v) is 17.8. The third-order valence-electron chi connectivity index (χ3n) is 6.56. The number of nitriles is 1. The lowest BCUT2D eigenvalue weighted by Crippen LogP contribution is -2.41. The molecule has 11 nitrogen and oxygen atoms in total. The SMILES string of the molecule is COC1(CC(=O)OC[C@H]2O[C@@](C#N)(c3ccc4c(N)ncnn34)[C@H](O)[C@@H]2O)CCCCC1. The van der Waals surface area contributed by atoms with Crippen LogP contribution in [-0.4, -0.2) is 68.4 Å². The first kappa shape index (κ1) is 22.4. The first-order chi connectivity index (χ1) is 15.4. The number of nitrogen functional groups attached to an aromatic ring is 1. The van der Waals surface area contributed by atoms with Gasteiger partial charge in [-0.25, -0.2) is 9.50 Å². The monoisotopic (exact) mass is 445 g/mol. The number of nitrogens with two attached hydrogens (primary N) is 1. The van der Waals surface area contributed by atoms with E-state index >= 15 is 0 Å². The quantitative estimate of drug-likeness (QED) is 0.531.